The molecule has 1 saturated heterocycles. The van der Waals surface area contributed by atoms with Gasteiger partial charge in [0.05, 0.1) is 0 Å². The minimum absolute atomic E-state index is 0.223. The van der Waals surface area contributed by atoms with Crippen molar-refractivity contribution in [2.24, 2.45) is 5.92 Å². The van der Waals surface area contributed by atoms with E-state index in [4.69, 9.17) is 11.6 Å². The number of anilines is 2. The minimum atomic E-state index is -0.223. The summed E-state index contributed by atoms with van der Waals surface area (Å²) < 4.78 is 0. The van der Waals surface area contributed by atoms with E-state index in [0.29, 0.717) is 16.4 Å². The quantitative estimate of drug-likeness (QED) is 0.916. The monoisotopic (exact) mass is 329 g/mol. The molecule has 0 spiro atoms. The van der Waals surface area contributed by atoms with Crippen molar-refractivity contribution in [1.29, 1.82) is 0 Å². The number of nitrogens with zero attached hydrogens (tertiary/aromatic N) is 2. The maximum atomic E-state index is 12.4. The average molecular weight is 330 g/mol. The van der Waals surface area contributed by atoms with Crippen molar-refractivity contribution in [3.8, 4) is 0 Å². The Kier molecular flexibility index (Phi) is 4.82. The van der Waals surface area contributed by atoms with Gasteiger partial charge in [0.25, 0.3) is 5.91 Å². The molecule has 0 atom stereocenters. The summed E-state index contributed by atoms with van der Waals surface area (Å²) in [5.74, 6) is 0.554. The summed E-state index contributed by atoms with van der Waals surface area (Å²) in [6.45, 7) is 4.34. The van der Waals surface area contributed by atoms with Crippen molar-refractivity contribution in [2.45, 2.75) is 19.8 Å². The summed E-state index contributed by atoms with van der Waals surface area (Å²) in [5.41, 5.74) is 2.14. The summed E-state index contributed by atoms with van der Waals surface area (Å²) in [7, 11) is 0. The lowest BCUT2D eigenvalue weighted by Gasteiger charge is -2.32. The largest absolute Gasteiger partial charge is 0.371 e. The van der Waals surface area contributed by atoms with Gasteiger partial charge >= 0.3 is 0 Å². The lowest BCUT2D eigenvalue weighted by atomic mass is 9.99. The predicted octanol–water partition coefficient (Wildman–Crippen LogP) is 4.22. The van der Waals surface area contributed by atoms with Crippen LogP contribution in [0.4, 0.5) is 11.4 Å². The van der Waals surface area contributed by atoms with Crippen LogP contribution in [0.5, 0.6) is 0 Å². The Balaban J connectivity index is 1.72. The molecular weight excluding hydrogens is 310 g/mol. The topological polar surface area (TPSA) is 45.2 Å². The summed E-state index contributed by atoms with van der Waals surface area (Å²) in [4.78, 5) is 18.9. The van der Waals surface area contributed by atoms with Gasteiger partial charge in [0.1, 0.15) is 5.69 Å². The van der Waals surface area contributed by atoms with Crippen LogP contribution >= 0.6 is 11.6 Å². The van der Waals surface area contributed by atoms with Crippen LogP contribution in [0.1, 0.15) is 30.3 Å². The Hall–Kier alpha value is -2.07. The molecule has 120 valence electrons. The van der Waals surface area contributed by atoms with Crippen LogP contribution in [-0.4, -0.2) is 24.0 Å². The fourth-order valence-corrected chi connectivity index (χ4v) is 2.96. The minimum Gasteiger partial charge on any atom is -0.371 e. The number of aromatic nitrogens is 1. The van der Waals surface area contributed by atoms with Gasteiger partial charge in [-0.2, -0.15) is 0 Å². The van der Waals surface area contributed by atoms with Crippen LogP contribution in [0.25, 0.3) is 0 Å². The first-order chi connectivity index (χ1) is 11.1. The molecule has 5 heteroatoms. The Bertz CT molecular complexity index is 696. The van der Waals surface area contributed by atoms with Crippen molar-refractivity contribution in [1.82, 2.24) is 4.98 Å². The number of piperidine rings is 1. The molecule has 0 unspecified atom stereocenters. The predicted molar refractivity (Wildman–Crippen MR) is 94.3 cm³/mol. The second-order valence-corrected chi connectivity index (χ2v) is 6.47. The number of carbonyl (C=O) groups is 1. The van der Waals surface area contributed by atoms with Gasteiger partial charge in [-0.25, -0.2) is 0 Å². The van der Waals surface area contributed by atoms with E-state index in [0.717, 1.165) is 24.7 Å². The first kappa shape index (κ1) is 15.8. The van der Waals surface area contributed by atoms with E-state index >= 15 is 0 Å². The fourth-order valence-electron chi connectivity index (χ4n) is 2.77. The van der Waals surface area contributed by atoms with E-state index in [1.807, 2.05) is 12.1 Å². The second-order valence-electron chi connectivity index (χ2n) is 6.03. The SMILES string of the molecule is CC1CCN(c2ccnc(C(=O)Nc3cccc(Cl)c3)c2)CC1. The van der Waals surface area contributed by atoms with Gasteiger partial charge in [-0.15, -0.1) is 0 Å². The number of nitrogens with one attached hydrogen (secondary N) is 1. The molecule has 0 saturated carbocycles. The molecule has 4 nitrogen and oxygen atoms in total. The van der Waals surface area contributed by atoms with Crippen molar-refractivity contribution >= 4 is 28.9 Å². The number of halogens is 1. The number of rotatable bonds is 3. The second kappa shape index (κ2) is 7.01. The molecule has 0 radical (unpaired) electrons. The van der Waals surface area contributed by atoms with E-state index in [2.05, 4.69) is 22.1 Å². The lowest BCUT2D eigenvalue weighted by Crippen LogP contribution is -2.33. The Morgan fingerprint density at radius 3 is 2.78 bits per heavy atom. The molecule has 2 aromatic rings. The molecule has 2 heterocycles. The van der Waals surface area contributed by atoms with E-state index in [-0.39, 0.29) is 5.91 Å². The molecule has 1 amide bonds. The Morgan fingerprint density at radius 1 is 1.26 bits per heavy atom. The van der Waals surface area contributed by atoms with E-state index in [9.17, 15) is 4.79 Å². The Morgan fingerprint density at radius 2 is 2.04 bits per heavy atom. The molecule has 1 N–H and O–H groups in total. The zero-order valence-corrected chi connectivity index (χ0v) is 13.9. The molecule has 0 aliphatic carbocycles. The van der Waals surface area contributed by atoms with Gasteiger partial charge in [-0.05, 0) is 49.1 Å². The zero-order chi connectivity index (χ0) is 16.2. The first-order valence-corrected chi connectivity index (χ1v) is 8.27. The number of amides is 1. The van der Waals surface area contributed by atoms with Crippen LogP contribution in [0.3, 0.4) is 0 Å². The molecule has 3 rings (SSSR count). The maximum Gasteiger partial charge on any atom is 0.274 e. The number of hydrogen-bond donors (Lipinski definition) is 1. The molecular formula is C18H20ClN3O. The summed E-state index contributed by atoms with van der Waals surface area (Å²) >= 11 is 5.94. The summed E-state index contributed by atoms with van der Waals surface area (Å²) in [6, 6.07) is 10.9. The van der Waals surface area contributed by atoms with Gasteiger partial charge in [-0.3, -0.25) is 9.78 Å². The number of carbonyl (C=O) groups excluding carboxylic acids is 1. The van der Waals surface area contributed by atoms with Gasteiger partial charge in [0, 0.05) is 35.7 Å². The fraction of sp³-hybridized carbons (Fsp3) is 0.333. The van der Waals surface area contributed by atoms with Gasteiger partial charge in [0.15, 0.2) is 0 Å². The molecule has 1 aliphatic rings. The van der Waals surface area contributed by atoms with Crippen LogP contribution in [-0.2, 0) is 0 Å². The normalized spacial score (nSPS) is 15.5. The van der Waals surface area contributed by atoms with E-state index < -0.39 is 0 Å². The van der Waals surface area contributed by atoms with Gasteiger partial charge < -0.3 is 10.2 Å². The van der Waals surface area contributed by atoms with Gasteiger partial charge in [0.2, 0.25) is 0 Å². The number of pyridine rings is 1. The van der Waals surface area contributed by atoms with Crippen molar-refractivity contribution in [3.05, 3.63) is 53.3 Å². The Labute approximate surface area is 141 Å². The highest BCUT2D eigenvalue weighted by Gasteiger charge is 2.17. The highest BCUT2D eigenvalue weighted by atomic mass is 35.5. The summed E-state index contributed by atoms with van der Waals surface area (Å²) in [5, 5.41) is 3.42. The third-order valence-electron chi connectivity index (χ3n) is 4.21. The number of benzene rings is 1. The molecule has 0 bridgehead atoms. The van der Waals surface area contributed by atoms with Crippen LogP contribution in [0.15, 0.2) is 42.6 Å². The molecule has 1 fully saturated rings. The zero-order valence-electron chi connectivity index (χ0n) is 13.1. The molecule has 1 aliphatic heterocycles. The van der Waals surface area contributed by atoms with Crippen molar-refractivity contribution < 1.29 is 4.79 Å². The standard InChI is InChI=1S/C18H20ClN3O/c1-13-6-9-22(10-7-13)16-5-8-20-17(12-16)18(23)21-15-4-2-3-14(19)11-15/h2-5,8,11-13H,6-7,9-10H2,1H3,(H,21,23). The highest BCUT2D eigenvalue weighted by Crippen LogP contribution is 2.23. The average Bonchev–Trinajstić information content (AvgIpc) is 2.56. The van der Waals surface area contributed by atoms with Crippen molar-refractivity contribution in [3.63, 3.8) is 0 Å². The molecule has 1 aromatic heterocycles. The smallest absolute Gasteiger partial charge is 0.274 e. The molecule has 23 heavy (non-hydrogen) atoms. The third-order valence-corrected chi connectivity index (χ3v) is 4.44. The maximum absolute atomic E-state index is 12.4. The van der Waals surface area contributed by atoms with Crippen molar-refractivity contribution in [2.75, 3.05) is 23.3 Å². The van der Waals surface area contributed by atoms with Crippen LogP contribution in [0.2, 0.25) is 5.02 Å². The number of hydrogen-bond acceptors (Lipinski definition) is 3. The summed E-state index contributed by atoms with van der Waals surface area (Å²) in [6.07, 6.45) is 4.07. The molecule has 1 aromatic carbocycles. The van der Waals surface area contributed by atoms with Gasteiger partial charge in [-0.1, -0.05) is 24.6 Å². The third kappa shape index (κ3) is 4.02. The highest BCUT2D eigenvalue weighted by molar-refractivity contribution is 6.30. The van der Waals surface area contributed by atoms with Crippen LogP contribution in [0, 0.1) is 5.92 Å². The first-order valence-electron chi connectivity index (χ1n) is 7.90. The van der Waals surface area contributed by atoms with Crippen LogP contribution < -0.4 is 10.2 Å². The lowest BCUT2D eigenvalue weighted by molar-refractivity contribution is 0.102. The van der Waals surface area contributed by atoms with E-state index in [1.165, 1.54) is 12.8 Å². The van der Waals surface area contributed by atoms with E-state index in [1.54, 1.807) is 30.5 Å².